The summed E-state index contributed by atoms with van der Waals surface area (Å²) in [6, 6.07) is 12.3. The van der Waals surface area contributed by atoms with Crippen LogP contribution in [0, 0.1) is 20.5 Å². The van der Waals surface area contributed by atoms with Crippen molar-refractivity contribution in [1.29, 1.82) is 0 Å². The third-order valence-electron chi connectivity index (χ3n) is 4.12. The van der Waals surface area contributed by atoms with Gasteiger partial charge in [-0.15, -0.1) is 20.5 Å². The van der Waals surface area contributed by atoms with Gasteiger partial charge in [0.05, 0.1) is 11.4 Å². The standard InChI is InChI=1S/C18H24N4.2ClHO4.Cu/c1-3-9-19-17(7-1)15-21-11-5-13-22(14-6-12-21)16-18-8-2-4-10-20-18;2*2-1(3,4)5;/h1-4,7-10H,5-6,11-16H2;2*(H,2,3,4,5);/q;;;+2/p-2. The smallest absolute Gasteiger partial charge is 0.297 e. The molecule has 0 bridgehead atoms. The molecule has 1 fully saturated rings. The molecule has 0 atom stereocenters. The van der Waals surface area contributed by atoms with Gasteiger partial charge in [0.1, 0.15) is 0 Å². The van der Waals surface area contributed by atoms with Crippen molar-refractivity contribution in [3.05, 3.63) is 60.2 Å². The molecule has 1 radical (unpaired) electrons. The Balaban J connectivity index is 0.000000790. The Morgan fingerprint density at radius 1 is 0.606 bits per heavy atom. The molecule has 3 heterocycles. The second-order valence-electron chi connectivity index (χ2n) is 6.66. The molecule has 3 rings (SSSR count). The summed E-state index contributed by atoms with van der Waals surface area (Å²) in [7, 11) is -9.89. The third-order valence-corrected chi connectivity index (χ3v) is 4.12. The van der Waals surface area contributed by atoms with Crippen molar-refractivity contribution in [3.63, 3.8) is 0 Å². The van der Waals surface area contributed by atoms with Gasteiger partial charge >= 0.3 is 17.1 Å². The molecular weight excluding hydrogens is 535 g/mol. The maximum Gasteiger partial charge on any atom is 2.00 e. The van der Waals surface area contributed by atoms with Crippen molar-refractivity contribution in [1.82, 2.24) is 19.8 Å². The van der Waals surface area contributed by atoms with E-state index in [1.165, 1.54) is 24.2 Å². The van der Waals surface area contributed by atoms with Crippen LogP contribution < -0.4 is 37.3 Å². The molecule has 1 saturated heterocycles. The Morgan fingerprint density at radius 3 is 1.15 bits per heavy atom. The number of rotatable bonds is 4. The van der Waals surface area contributed by atoms with Crippen LogP contribution >= 0.6 is 0 Å². The Labute approximate surface area is 206 Å². The molecule has 0 saturated carbocycles. The molecular formula is C18H24Cl2CuN4O8. The molecule has 0 spiro atoms. The first-order valence-corrected chi connectivity index (χ1v) is 11.8. The van der Waals surface area contributed by atoms with Gasteiger partial charge in [-0.1, -0.05) is 12.1 Å². The summed E-state index contributed by atoms with van der Waals surface area (Å²) >= 11 is 0. The Kier molecular flexibility index (Phi) is 16.1. The summed E-state index contributed by atoms with van der Waals surface area (Å²) in [5, 5.41) is 0. The van der Waals surface area contributed by atoms with Gasteiger partial charge in [0, 0.05) is 25.5 Å². The van der Waals surface area contributed by atoms with Crippen molar-refractivity contribution in [2.24, 2.45) is 0 Å². The Bertz CT molecular complexity index is 658. The fourth-order valence-corrected chi connectivity index (χ4v) is 3.02. The molecule has 2 aromatic rings. The quantitative estimate of drug-likeness (QED) is 0.320. The van der Waals surface area contributed by atoms with Gasteiger partial charge < -0.3 is 0 Å². The Hall–Kier alpha value is -1.00. The van der Waals surface area contributed by atoms with Crippen molar-refractivity contribution < 1.29 is 74.8 Å². The molecule has 0 unspecified atom stereocenters. The van der Waals surface area contributed by atoms with E-state index in [-0.39, 0.29) is 17.1 Å². The largest absolute Gasteiger partial charge is 2.00 e. The summed E-state index contributed by atoms with van der Waals surface area (Å²) in [4.78, 5) is 13.9. The number of pyridine rings is 2. The zero-order valence-electron chi connectivity index (χ0n) is 17.4. The first-order valence-electron chi connectivity index (χ1n) is 9.38. The van der Waals surface area contributed by atoms with E-state index in [1.807, 2.05) is 24.5 Å². The minimum absolute atomic E-state index is 0. The summed E-state index contributed by atoms with van der Waals surface area (Å²) in [5.74, 6) is 0. The van der Waals surface area contributed by atoms with Crippen molar-refractivity contribution >= 4 is 0 Å². The zero-order valence-corrected chi connectivity index (χ0v) is 19.8. The zero-order chi connectivity index (χ0) is 24.0. The minimum Gasteiger partial charge on any atom is -0.297 e. The normalized spacial score (nSPS) is 15.5. The number of hydrogen-bond acceptors (Lipinski definition) is 12. The summed E-state index contributed by atoms with van der Waals surface area (Å²) < 4.78 is 67.9. The molecule has 1 aliphatic rings. The molecule has 1 aliphatic heterocycles. The van der Waals surface area contributed by atoms with Gasteiger partial charge in [0.25, 0.3) is 0 Å². The van der Waals surface area contributed by atoms with Gasteiger partial charge in [-0.25, -0.2) is 37.3 Å². The van der Waals surface area contributed by atoms with Gasteiger partial charge in [-0.3, -0.25) is 19.8 Å². The van der Waals surface area contributed by atoms with Crippen LogP contribution in [-0.2, 0) is 30.2 Å². The van der Waals surface area contributed by atoms with Crippen LogP contribution in [0.2, 0.25) is 0 Å². The molecule has 0 amide bonds. The molecule has 0 aliphatic carbocycles. The first kappa shape index (κ1) is 32.0. The average molecular weight is 559 g/mol. The maximum atomic E-state index is 8.49. The van der Waals surface area contributed by atoms with Crippen molar-refractivity contribution in [3.8, 4) is 0 Å². The van der Waals surface area contributed by atoms with E-state index in [9.17, 15) is 0 Å². The van der Waals surface area contributed by atoms with Crippen LogP contribution in [0.15, 0.2) is 48.8 Å². The number of nitrogens with zero attached hydrogens (tertiary/aromatic N) is 4. The van der Waals surface area contributed by atoms with Crippen LogP contribution in [0.4, 0.5) is 0 Å². The van der Waals surface area contributed by atoms with E-state index in [2.05, 4.69) is 44.0 Å². The number of hydrogen-bond donors (Lipinski definition) is 0. The topological polar surface area (TPSA) is 217 Å². The van der Waals surface area contributed by atoms with Crippen molar-refractivity contribution in [2.75, 3.05) is 26.2 Å². The number of halogens is 2. The van der Waals surface area contributed by atoms with Crippen molar-refractivity contribution in [2.45, 2.75) is 25.9 Å². The van der Waals surface area contributed by atoms with Gasteiger partial charge in [0.15, 0.2) is 0 Å². The molecule has 189 valence electrons. The van der Waals surface area contributed by atoms with E-state index in [0.717, 1.165) is 39.3 Å². The van der Waals surface area contributed by atoms with Crippen LogP contribution in [0.5, 0.6) is 0 Å². The monoisotopic (exact) mass is 557 g/mol. The molecule has 33 heavy (non-hydrogen) atoms. The minimum atomic E-state index is -4.94. The van der Waals surface area contributed by atoms with Gasteiger partial charge in [0.2, 0.25) is 0 Å². The van der Waals surface area contributed by atoms with Crippen LogP contribution in [0.25, 0.3) is 0 Å². The summed E-state index contributed by atoms with van der Waals surface area (Å²) in [5.41, 5.74) is 2.35. The third kappa shape index (κ3) is 21.3. The number of aromatic nitrogens is 2. The molecule has 0 aromatic carbocycles. The SMILES string of the molecule is [Cu+2].[O-][Cl+3]([O-])([O-])[O-].[O-][Cl+3]([O-])([O-])[O-].c1ccc(CN2CCCN(Cc3ccccn3)CCC2)nc1. The fraction of sp³-hybridized carbons (Fsp3) is 0.444. The van der Waals surface area contributed by atoms with E-state index in [0.29, 0.717) is 0 Å². The van der Waals surface area contributed by atoms with E-state index >= 15 is 0 Å². The molecule has 0 N–H and O–H groups in total. The second kappa shape index (κ2) is 16.6. The predicted octanol–water partition coefficient (Wildman–Crippen LogP) is -6.94. The van der Waals surface area contributed by atoms with Crippen LogP contribution in [-0.4, -0.2) is 45.9 Å². The van der Waals surface area contributed by atoms with E-state index in [4.69, 9.17) is 37.3 Å². The fourth-order valence-electron chi connectivity index (χ4n) is 3.02. The molecule has 12 nitrogen and oxygen atoms in total. The summed E-state index contributed by atoms with van der Waals surface area (Å²) in [6.45, 7) is 6.54. The van der Waals surface area contributed by atoms with Crippen LogP contribution in [0.3, 0.4) is 0 Å². The van der Waals surface area contributed by atoms with Crippen LogP contribution in [0.1, 0.15) is 24.2 Å². The molecule has 15 heteroatoms. The predicted molar refractivity (Wildman–Crippen MR) is 88.3 cm³/mol. The van der Waals surface area contributed by atoms with E-state index < -0.39 is 20.5 Å². The molecule has 2 aromatic heterocycles. The Morgan fingerprint density at radius 2 is 0.909 bits per heavy atom. The van der Waals surface area contributed by atoms with Gasteiger partial charge in [-0.2, -0.15) is 0 Å². The average Bonchev–Trinajstić information content (AvgIpc) is 2.65. The summed E-state index contributed by atoms with van der Waals surface area (Å²) in [6.07, 6.45) is 6.18. The first-order chi connectivity index (χ1) is 14.9. The second-order valence-corrected chi connectivity index (χ2v) is 8.17. The van der Waals surface area contributed by atoms with Gasteiger partial charge in [-0.05, 0) is 63.3 Å². The maximum absolute atomic E-state index is 8.49. The van der Waals surface area contributed by atoms with E-state index in [1.54, 1.807) is 0 Å².